The molecule has 2 aromatic rings. The summed E-state index contributed by atoms with van der Waals surface area (Å²) in [7, 11) is 4.64. The second kappa shape index (κ2) is 9.37. The van der Waals surface area contributed by atoms with Crippen molar-refractivity contribution in [1.82, 2.24) is 4.90 Å². The van der Waals surface area contributed by atoms with Crippen molar-refractivity contribution in [1.29, 1.82) is 0 Å². The van der Waals surface area contributed by atoms with Gasteiger partial charge in [0.2, 0.25) is 11.7 Å². The molecule has 156 valence electrons. The van der Waals surface area contributed by atoms with E-state index in [-0.39, 0.29) is 11.9 Å². The van der Waals surface area contributed by atoms with Crippen LogP contribution in [0.1, 0.15) is 31.4 Å². The fraction of sp³-hybridized carbons (Fsp3) is 0.409. The third-order valence-corrected chi connectivity index (χ3v) is 5.39. The van der Waals surface area contributed by atoms with Gasteiger partial charge in [0.1, 0.15) is 0 Å². The van der Waals surface area contributed by atoms with Crippen LogP contribution in [0.4, 0.5) is 5.69 Å². The van der Waals surface area contributed by atoms with Crippen LogP contribution in [0.3, 0.4) is 0 Å². The highest BCUT2D eigenvalue weighted by Crippen LogP contribution is 2.40. The number of nitrogens with one attached hydrogen (secondary N) is 1. The molecule has 1 saturated carbocycles. The lowest BCUT2D eigenvalue weighted by molar-refractivity contribution is -0.118. The van der Waals surface area contributed by atoms with E-state index in [0.29, 0.717) is 40.5 Å². The van der Waals surface area contributed by atoms with Crippen molar-refractivity contribution in [3.63, 3.8) is 0 Å². The van der Waals surface area contributed by atoms with E-state index in [0.717, 1.165) is 18.4 Å². The molecule has 1 N–H and O–H groups in total. The Morgan fingerprint density at radius 3 is 2.17 bits per heavy atom. The molecular formula is C22H27ClN2O4. The van der Waals surface area contributed by atoms with Crippen molar-refractivity contribution >= 4 is 23.2 Å². The second-order valence-corrected chi connectivity index (χ2v) is 7.53. The molecule has 1 amide bonds. The number of carbonyl (C=O) groups is 1. The molecule has 1 atom stereocenters. The highest BCUT2D eigenvalue weighted by molar-refractivity contribution is 6.30. The lowest BCUT2D eigenvalue weighted by Gasteiger charge is -2.29. The van der Waals surface area contributed by atoms with Crippen LogP contribution in [0.5, 0.6) is 17.2 Å². The van der Waals surface area contributed by atoms with Crippen LogP contribution in [-0.4, -0.2) is 44.7 Å². The van der Waals surface area contributed by atoms with E-state index in [1.807, 2.05) is 24.3 Å². The number of ether oxygens (including phenoxy) is 3. The van der Waals surface area contributed by atoms with E-state index in [1.54, 1.807) is 33.5 Å². The lowest BCUT2D eigenvalue weighted by atomic mass is 10.1. The normalized spacial score (nSPS) is 14.4. The van der Waals surface area contributed by atoms with E-state index in [2.05, 4.69) is 17.1 Å². The van der Waals surface area contributed by atoms with E-state index in [9.17, 15) is 4.79 Å². The number of rotatable bonds is 9. The molecule has 1 fully saturated rings. The van der Waals surface area contributed by atoms with Gasteiger partial charge in [0.15, 0.2) is 11.5 Å². The average Bonchev–Trinajstić information content (AvgIpc) is 3.56. The van der Waals surface area contributed by atoms with Crippen molar-refractivity contribution in [3.05, 3.63) is 47.0 Å². The van der Waals surface area contributed by atoms with Crippen LogP contribution in [0.25, 0.3) is 0 Å². The van der Waals surface area contributed by atoms with Crippen LogP contribution >= 0.6 is 11.6 Å². The number of hydrogen-bond acceptors (Lipinski definition) is 5. The predicted molar refractivity (Wildman–Crippen MR) is 114 cm³/mol. The summed E-state index contributed by atoms with van der Waals surface area (Å²) < 4.78 is 16.0. The number of benzene rings is 2. The zero-order valence-corrected chi connectivity index (χ0v) is 18.0. The van der Waals surface area contributed by atoms with Crippen LogP contribution in [0.15, 0.2) is 36.4 Å². The van der Waals surface area contributed by atoms with Crippen LogP contribution < -0.4 is 19.5 Å². The summed E-state index contributed by atoms with van der Waals surface area (Å²) in [6.45, 7) is 2.42. The molecule has 0 aromatic heterocycles. The van der Waals surface area contributed by atoms with Gasteiger partial charge in [-0.15, -0.1) is 0 Å². The van der Waals surface area contributed by atoms with E-state index < -0.39 is 0 Å². The molecule has 0 heterocycles. The molecule has 6 nitrogen and oxygen atoms in total. The Hall–Kier alpha value is -2.44. The molecule has 29 heavy (non-hydrogen) atoms. The number of halogens is 1. The molecule has 0 radical (unpaired) electrons. The Kier molecular flexibility index (Phi) is 6.87. The molecule has 0 bridgehead atoms. The zero-order chi connectivity index (χ0) is 21.0. The standard InChI is InChI=1S/C22H27ClN2O4/c1-14(15-5-7-16(23)8-6-15)25(18-9-10-18)13-21(26)24-17-11-19(27-2)22(29-4)20(12-17)28-3/h5-8,11-12,14,18H,9-10,13H2,1-4H3,(H,24,26). The first-order chi connectivity index (χ1) is 14.0. The maximum absolute atomic E-state index is 12.8. The first-order valence-corrected chi connectivity index (χ1v) is 9.95. The van der Waals surface area contributed by atoms with Crippen LogP contribution in [0, 0.1) is 0 Å². The van der Waals surface area contributed by atoms with Gasteiger partial charge in [0, 0.05) is 34.9 Å². The van der Waals surface area contributed by atoms with Gasteiger partial charge in [-0.25, -0.2) is 0 Å². The summed E-state index contributed by atoms with van der Waals surface area (Å²) in [5.41, 5.74) is 1.74. The SMILES string of the molecule is COc1cc(NC(=O)CN(C2CC2)C(C)c2ccc(Cl)cc2)cc(OC)c1OC. The first-order valence-electron chi connectivity index (χ1n) is 9.57. The molecule has 0 saturated heterocycles. The first kappa shape index (κ1) is 21.3. The number of anilines is 1. The highest BCUT2D eigenvalue weighted by atomic mass is 35.5. The smallest absolute Gasteiger partial charge is 0.238 e. The van der Waals surface area contributed by atoms with E-state index in [1.165, 1.54) is 0 Å². The van der Waals surface area contributed by atoms with Gasteiger partial charge < -0.3 is 19.5 Å². The summed E-state index contributed by atoms with van der Waals surface area (Å²) in [6.07, 6.45) is 2.21. The van der Waals surface area contributed by atoms with Crippen LogP contribution in [0.2, 0.25) is 5.02 Å². The van der Waals surface area contributed by atoms with E-state index in [4.69, 9.17) is 25.8 Å². The van der Waals surface area contributed by atoms with Crippen molar-refractivity contribution in [2.24, 2.45) is 0 Å². The fourth-order valence-electron chi connectivity index (χ4n) is 3.44. The minimum Gasteiger partial charge on any atom is -0.493 e. The summed E-state index contributed by atoms with van der Waals surface area (Å²) in [5, 5.41) is 3.66. The number of nitrogens with zero attached hydrogens (tertiary/aromatic N) is 1. The molecule has 0 spiro atoms. The quantitative estimate of drug-likeness (QED) is 0.648. The van der Waals surface area contributed by atoms with Gasteiger partial charge in [-0.2, -0.15) is 0 Å². The predicted octanol–water partition coefficient (Wildman–Crippen LogP) is 4.53. The summed E-state index contributed by atoms with van der Waals surface area (Å²) >= 11 is 6.01. The van der Waals surface area contributed by atoms with Gasteiger partial charge in [-0.05, 0) is 37.5 Å². The van der Waals surface area contributed by atoms with Crippen LogP contribution in [-0.2, 0) is 4.79 Å². The zero-order valence-electron chi connectivity index (χ0n) is 17.2. The molecule has 0 aliphatic heterocycles. The number of methoxy groups -OCH3 is 3. The summed E-state index contributed by atoms with van der Waals surface area (Å²) in [5.74, 6) is 1.39. The van der Waals surface area contributed by atoms with Gasteiger partial charge in [0.05, 0.1) is 27.9 Å². The third kappa shape index (κ3) is 5.14. The van der Waals surface area contributed by atoms with Gasteiger partial charge in [-0.3, -0.25) is 9.69 Å². The Labute approximate surface area is 176 Å². The topological polar surface area (TPSA) is 60.0 Å². The molecule has 7 heteroatoms. The minimum atomic E-state index is -0.0908. The van der Waals surface area contributed by atoms with Crippen molar-refractivity contribution in [2.75, 3.05) is 33.2 Å². The van der Waals surface area contributed by atoms with Gasteiger partial charge >= 0.3 is 0 Å². The largest absolute Gasteiger partial charge is 0.493 e. The number of hydrogen-bond donors (Lipinski definition) is 1. The fourth-order valence-corrected chi connectivity index (χ4v) is 3.57. The summed E-state index contributed by atoms with van der Waals surface area (Å²) in [6, 6.07) is 11.8. The number of amides is 1. The third-order valence-electron chi connectivity index (χ3n) is 5.14. The molecule has 1 aliphatic carbocycles. The second-order valence-electron chi connectivity index (χ2n) is 7.09. The van der Waals surface area contributed by atoms with Gasteiger partial charge in [0.25, 0.3) is 0 Å². The summed E-state index contributed by atoms with van der Waals surface area (Å²) in [4.78, 5) is 15.0. The van der Waals surface area contributed by atoms with E-state index >= 15 is 0 Å². The Morgan fingerprint density at radius 1 is 1.10 bits per heavy atom. The Bertz CT molecular complexity index is 827. The molecule has 1 unspecified atom stereocenters. The van der Waals surface area contributed by atoms with Crippen molar-refractivity contribution in [2.45, 2.75) is 31.8 Å². The van der Waals surface area contributed by atoms with Crippen molar-refractivity contribution in [3.8, 4) is 17.2 Å². The van der Waals surface area contributed by atoms with Crippen molar-refractivity contribution < 1.29 is 19.0 Å². The maximum Gasteiger partial charge on any atom is 0.238 e. The number of carbonyl (C=O) groups excluding carboxylic acids is 1. The molecule has 1 aliphatic rings. The van der Waals surface area contributed by atoms with Gasteiger partial charge in [-0.1, -0.05) is 23.7 Å². The lowest BCUT2D eigenvalue weighted by Crippen LogP contribution is -2.36. The molecular weight excluding hydrogens is 392 g/mol. The minimum absolute atomic E-state index is 0.0908. The average molecular weight is 419 g/mol. The molecule has 2 aromatic carbocycles. The highest BCUT2D eigenvalue weighted by Gasteiger charge is 2.34. The Morgan fingerprint density at radius 2 is 1.69 bits per heavy atom. The monoisotopic (exact) mass is 418 g/mol. The maximum atomic E-state index is 12.8. The Balaban J connectivity index is 1.73. The molecule has 3 rings (SSSR count).